The van der Waals surface area contributed by atoms with Crippen molar-refractivity contribution >= 4 is 29.2 Å². The lowest BCUT2D eigenvalue weighted by Crippen LogP contribution is -2.07. The van der Waals surface area contributed by atoms with Crippen molar-refractivity contribution in [3.8, 4) is 5.69 Å². The number of hydrogen-bond donors (Lipinski definition) is 1. The molecule has 1 N–H and O–H groups in total. The first-order chi connectivity index (χ1) is 10.1. The van der Waals surface area contributed by atoms with Crippen LogP contribution in [0.25, 0.3) is 16.7 Å². The first-order valence-electron chi connectivity index (χ1n) is 6.51. The number of methoxy groups -OCH3 is 1. The van der Waals surface area contributed by atoms with Crippen molar-refractivity contribution in [2.75, 3.05) is 7.11 Å². The van der Waals surface area contributed by atoms with E-state index in [0.29, 0.717) is 10.3 Å². The zero-order chi connectivity index (χ0) is 15.0. The molecule has 1 heterocycles. The van der Waals surface area contributed by atoms with Crippen LogP contribution in [0.1, 0.15) is 15.9 Å². The van der Waals surface area contributed by atoms with Crippen molar-refractivity contribution in [2.45, 2.75) is 6.92 Å². The molecule has 0 fully saturated rings. The van der Waals surface area contributed by atoms with Gasteiger partial charge in [0.2, 0.25) is 0 Å². The van der Waals surface area contributed by atoms with Crippen LogP contribution in [0.5, 0.6) is 0 Å². The average molecular weight is 298 g/mol. The van der Waals surface area contributed by atoms with Gasteiger partial charge in [-0.15, -0.1) is 0 Å². The van der Waals surface area contributed by atoms with Crippen molar-refractivity contribution < 1.29 is 9.53 Å². The standard InChI is InChI=1S/C16H14N2O2S/c1-10-11(15(19)20-2)6-5-9-13(10)18-14-8-4-3-7-12(14)17-16(18)21/h3-9H,1-2H3,(H,17,21). The van der Waals surface area contributed by atoms with E-state index in [9.17, 15) is 4.79 Å². The summed E-state index contributed by atoms with van der Waals surface area (Å²) in [7, 11) is 1.38. The van der Waals surface area contributed by atoms with Crippen LogP contribution in [0.4, 0.5) is 0 Å². The number of carbonyl (C=O) groups is 1. The summed E-state index contributed by atoms with van der Waals surface area (Å²) in [5, 5.41) is 0. The van der Waals surface area contributed by atoms with Gasteiger partial charge in [-0.1, -0.05) is 18.2 Å². The monoisotopic (exact) mass is 298 g/mol. The summed E-state index contributed by atoms with van der Waals surface area (Å²) in [6.45, 7) is 1.89. The Bertz CT molecular complexity index is 893. The number of nitrogens with one attached hydrogen (secondary N) is 1. The van der Waals surface area contributed by atoms with Gasteiger partial charge in [-0.3, -0.25) is 4.57 Å². The number of nitrogens with zero attached hydrogens (tertiary/aromatic N) is 1. The maximum absolute atomic E-state index is 11.8. The predicted octanol–water partition coefficient (Wildman–Crippen LogP) is 3.78. The molecule has 0 bridgehead atoms. The Labute approximate surface area is 127 Å². The van der Waals surface area contributed by atoms with Gasteiger partial charge in [-0.2, -0.15) is 0 Å². The molecule has 21 heavy (non-hydrogen) atoms. The minimum Gasteiger partial charge on any atom is -0.465 e. The van der Waals surface area contributed by atoms with Gasteiger partial charge in [0, 0.05) is 0 Å². The van der Waals surface area contributed by atoms with E-state index in [4.69, 9.17) is 17.0 Å². The fourth-order valence-electron chi connectivity index (χ4n) is 2.49. The maximum Gasteiger partial charge on any atom is 0.338 e. The SMILES string of the molecule is COC(=O)c1cccc(-n2c(=S)[nH]c3ccccc32)c1C. The molecule has 4 nitrogen and oxygen atoms in total. The Balaban J connectivity index is 2.32. The molecule has 0 amide bonds. The van der Waals surface area contributed by atoms with E-state index in [1.807, 2.05) is 47.9 Å². The lowest BCUT2D eigenvalue weighted by molar-refractivity contribution is 0.0600. The number of esters is 1. The molecule has 3 aromatic rings. The molecule has 0 radical (unpaired) electrons. The third-order valence-electron chi connectivity index (χ3n) is 3.54. The highest BCUT2D eigenvalue weighted by Gasteiger charge is 2.15. The molecule has 5 heteroatoms. The number of aromatic nitrogens is 2. The zero-order valence-electron chi connectivity index (χ0n) is 11.7. The lowest BCUT2D eigenvalue weighted by atomic mass is 10.1. The molecule has 0 aliphatic rings. The molecule has 0 aliphatic heterocycles. The van der Waals surface area contributed by atoms with E-state index in [1.165, 1.54) is 7.11 Å². The summed E-state index contributed by atoms with van der Waals surface area (Å²) in [5.74, 6) is -0.347. The molecule has 106 valence electrons. The Hall–Kier alpha value is -2.40. The van der Waals surface area contributed by atoms with E-state index < -0.39 is 0 Å². The van der Waals surface area contributed by atoms with Crippen molar-refractivity contribution in [3.05, 3.63) is 58.4 Å². The highest BCUT2D eigenvalue weighted by atomic mass is 32.1. The van der Waals surface area contributed by atoms with Crippen LogP contribution < -0.4 is 0 Å². The van der Waals surface area contributed by atoms with Gasteiger partial charge in [-0.05, 0) is 49.0 Å². The number of benzene rings is 2. The molecular weight excluding hydrogens is 284 g/mol. The zero-order valence-corrected chi connectivity index (χ0v) is 12.5. The topological polar surface area (TPSA) is 47.0 Å². The average Bonchev–Trinajstić information content (AvgIpc) is 2.83. The molecule has 0 unspecified atom stereocenters. The van der Waals surface area contributed by atoms with Crippen LogP contribution in [0.2, 0.25) is 0 Å². The highest BCUT2D eigenvalue weighted by molar-refractivity contribution is 7.71. The Morgan fingerprint density at radius 3 is 2.71 bits per heavy atom. The molecule has 0 atom stereocenters. The van der Waals surface area contributed by atoms with Crippen LogP contribution in [0.15, 0.2) is 42.5 Å². The summed E-state index contributed by atoms with van der Waals surface area (Å²) >= 11 is 5.42. The van der Waals surface area contributed by atoms with Gasteiger partial charge in [0.15, 0.2) is 4.77 Å². The number of H-pyrrole nitrogens is 1. The molecule has 0 aliphatic carbocycles. The predicted molar refractivity (Wildman–Crippen MR) is 84.5 cm³/mol. The van der Waals surface area contributed by atoms with Crippen molar-refractivity contribution in [2.24, 2.45) is 0 Å². The minimum atomic E-state index is -0.347. The van der Waals surface area contributed by atoms with Gasteiger partial charge < -0.3 is 9.72 Å². The molecular formula is C16H14N2O2S. The third-order valence-corrected chi connectivity index (χ3v) is 3.83. The number of para-hydroxylation sites is 2. The maximum atomic E-state index is 11.8. The summed E-state index contributed by atoms with van der Waals surface area (Å²) in [6.07, 6.45) is 0. The van der Waals surface area contributed by atoms with Gasteiger partial charge in [0.1, 0.15) is 0 Å². The van der Waals surface area contributed by atoms with Gasteiger partial charge in [0.05, 0.1) is 29.4 Å². The van der Waals surface area contributed by atoms with Crippen LogP contribution in [-0.2, 0) is 4.74 Å². The van der Waals surface area contributed by atoms with Crippen LogP contribution in [-0.4, -0.2) is 22.6 Å². The quantitative estimate of drug-likeness (QED) is 0.578. The fraction of sp³-hybridized carbons (Fsp3) is 0.125. The highest BCUT2D eigenvalue weighted by Crippen LogP contribution is 2.24. The molecule has 0 spiro atoms. The van der Waals surface area contributed by atoms with Gasteiger partial charge in [0.25, 0.3) is 0 Å². The van der Waals surface area contributed by atoms with E-state index in [2.05, 4.69) is 4.98 Å². The lowest BCUT2D eigenvalue weighted by Gasteiger charge is -2.11. The molecule has 2 aromatic carbocycles. The largest absolute Gasteiger partial charge is 0.465 e. The van der Waals surface area contributed by atoms with Gasteiger partial charge >= 0.3 is 5.97 Å². The Kier molecular flexibility index (Phi) is 3.35. The van der Waals surface area contributed by atoms with E-state index >= 15 is 0 Å². The molecule has 1 aromatic heterocycles. The number of hydrogen-bond acceptors (Lipinski definition) is 3. The molecule has 0 saturated carbocycles. The van der Waals surface area contributed by atoms with E-state index in [0.717, 1.165) is 22.3 Å². The number of rotatable bonds is 2. The van der Waals surface area contributed by atoms with Crippen molar-refractivity contribution in [3.63, 3.8) is 0 Å². The second-order valence-electron chi connectivity index (χ2n) is 4.72. The first kappa shape index (κ1) is 13.6. The van der Waals surface area contributed by atoms with Gasteiger partial charge in [-0.25, -0.2) is 4.79 Å². The summed E-state index contributed by atoms with van der Waals surface area (Å²) in [6, 6.07) is 13.4. The molecule has 3 rings (SSSR count). The fourth-order valence-corrected chi connectivity index (χ4v) is 2.80. The number of ether oxygens (including phenoxy) is 1. The summed E-state index contributed by atoms with van der Waals surface area (Å²) in [4.78, 5) is 15.0. The summed E-state index contributed by atoms with van der Waals surface area (Å²) in [5.41, 5.74) is 4.20. The number of fused-ring (bicyclic) bond motifs is 1. The van der Waals surface area contributed by atoms with Crippen molar-refractivity contribution in [1.29, 1.82) is 0 Å². The summed E-state index contributed by atoms with van der Waals surface area (Å²) < 4.78 is 7.36. The first-order valence-corrected chi connectivity index (χ1v) is 6.92. The number of aromatic amines is 1. The smallest absolute Gasteiger partial charge is 0.338 e. The van der Waals surface area contributed by atoms with Crippen LogP contribution >= 0.6 is 12.2 Å². The second-order valence-corrected chi connectivity index (χ2v) is 5.11. The third kappa shape index (κ3) is 2.15. The molecule has 0 saturated heterocycles. The second kappa shape index (κ2) is 5.18. The van der Waals surface area contributed by atoms with Crippen molar-refractivity contribution in [1.82, 2.24) is 9.55 Å². The van der Waals surface area contributed by atoms with Crippen LogP contribution in [0.3, 0.4) is 0 Å². The minimum absolute atomic E-state index is 0.347. The number of carbonyl (C=O) groups excluding carboxylic acids is 1. The number of imidazole rings is 1. The Morgan fingerprint density at radius 2 is 1.95 bits per heavy atom. The van der Waals surface area contributed by atoms with Crippen LogP contribution in [0, 0.1) is 11.7 Å². The van der Waals surface area contributed by atoms with E-state index in [1.54, 1.807) is 6.07 Å². The normalized spacial score (nSPS) is 10.8. The van der Waals surface area contributed by atoms with E-state index in [-0.39, 0.29) is 5.97 Å². The Morgan fingerprint density at radius 1 is 1.19 bits per heavy atom.